The van der Waals surface area contributed by atoms with Crippen molar-refractivity contribution in [3.8, 4) is 6.07 Å². The van der Waals surface area contributed by atoms with E-state index in [1.54, 1.807) is 0 Å². The average Bonchev–Trinajstić information content (AvgIpc) is 2.15. The number of hydrogen-bond donors (Lipinski definition) is 1. The van der Waals surface area contributed by atoms with Gasteiger partial charge in [0.05, 0.1) is 12.6 Å². The summed E-state index contributed by atoms with van der Waals surface area (Å²) in [4.78, 5) is 2.47. The van der Waals surface area contributed by atoms with Crippen LogP contribution in [0.15, 0.2) is 0 Å². The van der Waals surface area contributed by atoms with Gasteiger partial charge >= 0.3 is 0 Å². The van der Waals surface area contributed by atoms with Gasteiger partial charge in [-0.25, -0.2) is 0 Å². The molecule has 1 aliphatic heterocycles. The third-order valence-electron chi connectivity index (χ3n) is 2.65. The van der Waals surface area contributed by atoms with Gasteiger partial charge in [-0.05, 0) is 33.2 Å². The molecule has 1 heterocycles. The van der Waals surface area contributed by atoms with Gasteiger partial charge in [0.2, 0.25) is 0 Å². The van der Waals surface area contributed by atoms with Crippen molar-refractivity contribution < 1.29 is 0 Å². The highest BCUT2D eigenvalue weighted by Crippen LogP contribution is 2.12. The Morgan fingerprint density at radius 2 is 2.38 bits per heavy atom. The number of nitrogens with one attached hydrogen (secondary N) is 1. The maximum absolute atomic E-state index is 8.45. The van der Waals surface area contributed by atoms with Gasteiger partial charge in [-0.1, -0.05) is 0 Å². The number of nitriles is 1. The van der Waals surface area contributed by atoms with Crippen LogP contribution in [0.1, 0.15) is 26.7 Å². The standard InChI is InChI=1S/C10H19N3/c1-9(2)13-7-3-4-10(8-13)12-6-5-11/h9-10,12H,3-4,6-8H2,1-2H3. The molecule has 1 rings (SSSR count). The number of nitrogens with zero attached hydrogens (tertiary/aromatic N) is 2. The van der Waals surface area contributed by atoms with Crippen LogP contribution in [0.4, 0.5) is 0 Å². The van der Waals surface area contributed by atoms with E-state index in [0.29, 0.717) is 18.6 Å². The molecule has 0 saturated carbocycles. The van der Waals surface area contributed by atoms with Crippen molar-refractivity contribution in [3.63, 3.8) is 0 Å². The van der Waals surface area contributed by atoms with Gasteiger partial charge in [0, 0.05) is 18.6 Å². The quantitative estimate of drug-likeness (QED) is 0.659. The Kier molecular flexibility index (Phi) is 4.20. The minimum Gasteiger partial charge on any atom is -0.300 e. The van der Waals surface area contributed by atoms with Crippen LogP contribution < -0.4 is 5.32 Å². The fraction of sp³-hybridized carbons (Fsp3) is 0.900. The molecule has 3 heteroatoms. The first-order chi connectivity index (χ1) is 6.24. The molecule has 0 amide bonds. The van der Waals surface area contributed by atoms with Crippen LogP contribution in [0, 0.1) is 11.3 Å². The molecule has 0 aromatic carbocycles. The van der Waals surface area contributed by atoms with E-state index < -0.39 is 0 Å². The zero-order valence-corrected chi connectivity index (χ0v) is 8.58. The molecule has 3 nitrogen and oxygen atoms in total. The maximum atomic E-state index is 8.45. The van der Waals surface area contributed by atoms with Crippen LogP contribution in [-0.4, -0.2) is 36.6 Å². The second-order valence-corrected chi connectivity index (χ2v) is 3.97. The van der Waals surface area contributed by atoms with Crippen molar-refractivity contribution in [1.82, 2.24) is 10.2 Å². The zero-order valence-electron chi connectivity index (χ0n) is 8.58. The highest BCUT2D eigenvalue weighted by atomic mass is 15.2. The summed E-state index contributed by atoms with van der Waals surface area (Å²) in [6.07, 6.45) is 2.46. The fourth-order valence-corrected chi connectivity index (χ4v) is 1.83. The van der Waals surface area contributed by atoms with Crippen molar-refractivity contribution in [2.24, 2.45) is 0 Å². The summed E-state index contributed by atoms with van der Waals surface area (Å²) in [7, 11) is 0. The van der Waals surface area contributed by atoms with E-state index in [9.17, 15) is 0 Å². The zero-order chi connectivity index (χ0) is 9.68. The SMILES string of the molecule is CC(C)N1CCCC(NCC#N)C1. The van der Waals surface area contributed by atoms with Gasteiger partial charge in [0.15, 0.2) is 0 Å². The molecule has 1 atom stereocenters. The van der Waals surface area contributed by atoms with Gasteiger partial charge in [-0.3, -0.25) is 4.90 Å². The second kappa shape index (κ2) is 5.21. The minimum absolute atomic E-state index is 0.483. The molecule has 0 radical (unpaired) electrons. The van der Waals surface area contributed by atoms with Gasteiger partial charge in [0.25, 0.3) is 0 Å². The molecular weight excluding hydrogens is 162 g/mol. The van der Waals surface area contributed by atoms with Crippen molar-refractivity contribution >= 4 is 0 Å². The van der Waals surface area contributed by atoms with Gasteiger partial charge in [-0.2, -0.15) is 5.26 Å². The van der Waals surface area contributed by atoms with Crippen molar-refractivity contribution in [2.75, 3.05) is 19.6 Å². The molecule has 74 valence electrons. The van der Waals surface area contributed by atoms with Crippen LogP contribution in [0.2, 0.25) is 0 Å². The Labute approximate surface area is 80.7 Å². The summed E-state index contributed by atoms with van der Waals surface area (Å²) < 4.78 is 0. The number of hydrogen-bond acceptors (Lipinski definition) is 3. The second-order valence-electron chi connectivity index (χ2n) is 3.97. The largest absolute Gasteiger partial charge is 0.300 e. The van der Waals surface area contributed by atoms with E-state index >= 15 is 0 Å². The lowest BCUT2D eigenvalue weighted by Gasteiger charge is -2.35. The molecule has 0 bridgehead atoms. The molecular formula is C10H19N3. The van der Waals surface area contributed by atoms with Crippen LogP contribution in [0.25, 0.3) is 0 Å². The average molecular weight is 181 g/mol. The highest BCUT2D eigenvalue weighted by Gasteiger charge is 2.20. The minimum atomic E-state index is 0.483. The molecule has 1 aliphatic rings. The third kappa shape index (κ3) is 3.33. The lowest BCUT2D eigenvalue weighted by Crippen LogP contribution is -2.48. The van der Waals surface area contributed by atoms with Gasteiger partial charge in [-0.15, -0.1) is 0 Å². The first-order valence-corrected chi connectivity index (χ1v) is 5.08. The molecule has 1 N–H and O–H groups in total. The molecule has 0 spiro atoms. The fourth-order valence-electron chi connectivity index (χ4n) is 1.83. The Hall–Kier alpha value is -0.590. The van der Waals surface area contributed by atoms with Crippen LogP contribution in [-0.2, 0) is 0 Å². The molecule has 1 fully saturated rings. The highest BCUT2D eigenvalue weighted by molar-refractivity contribution is 4.83. The van der Waals surface area contributed by atoms with E-state index in [1.807, 2.05) is 0 Å². The van der Waals surface area contributed by atoms with Gasteiger partial charge in [0.1, 0.15) is 0 Å². The Morgan fingerprint density at radius 1 is 1.62 bits per heavy atom. The summed E-state index contributed by atoms with van der Waals surface area (Å²) in [6, 6.07) is 3.28. The van der Waals surface area contributed by atoms with Crippen LogP contribution >= 0.6 is 0 Å². The number of rotatable bonds is 3. The molecule has 1 saturated heterocycles. The van der Waals surface area contributed by atoms with Crippen molar-refractivity contribution in [3.05, 3.63) is 0 Å². The summed E-state index contributed by atoms with van der Waals surface area (Å²) in [5.41, 5.74) is 0. The van der Waals surface area contributed by atoms with E-state index in [0.717, 1.165) is 6.54 Å². The molecule has 1 unspecified atom stereocenters. The lowest BCUT2D eigenvalue weighted by molar-refractivity contribution is 0.156. The Morgan fingerprint density at radius 3 is 3.00 bits per heavy atom. The number of piperidine rings is 1. The normalized spacial score (nSPS) is 24.6. The van der Waals surface area contributed by atoms with Crippen molar-refractivity contribution in [2.45, 2.75) is 38.8 Å². The van der Waals surface area contributed by atoms with E-state index in [2.05, 4.69) is 30.1 Å². The Bertz CT molecular complexity index is 183. The van der Waals surface area contributed by atoms with Gasteiger partial charge < -0.3 is 5.32 Å². The summed E-state index contributed by atoms with van der Waals surface area (Å²) in [6.45, 7) is 7.25. The Balaban J connectivity index is 2.29. The first kappa shape index (κ1) is 10.5. The predicted octanol–water partition coefficient (Wildman–Crippen LogP) is 0.972. The number of likely N-dealkylation sites (tertiary alicyclic amines) is 1. The van der Waals surface area contributed by atoms with E-state index in [1.165, 1.54) is 19.4 Å². The molecule has 0 aliphatic carbocycles. The lowest BCUT2D eigenvalue weighted by atomic mass is 10.0. The predicted molar refractivity (Wildman–Crippen MR) is 53.3 cm³/mol. The maximum Gasteiger partial charge on any atom is 0.0843 e. The smallest absolute Gasteiger partial charge is 0.0843 e. The van der Waals surface area contributed by atoms with E-state index in [4.69, 9.17) is 5.26 Å². The topological polar surface area (TPSA) is 39.1 Å². The summed E-state index contributed by atoms with van der Waals surface area (Å²) in [5, 5.41) is 11.7. The summed E-state index contributed by atoms with van der Waals surface area (Å²) in [5.74, 6) is 0. The molecule has 0 aromatic heterocycles. The summed E-state index contributed by atoms with van der Waals surface area (Å²) >= 11 is 0. The molecule has 0 aromatic rings. The van der Waals surface area contributed by atoms with E-state index in [-0.39, 0.29) is 0 Å². The van der Waals surface area contributed by atoms with Crippen molar-refractivity contribution in [1.29, 1.82) is 5.26 Å². The monoisotopic (exact) mass is 181 g/mol. The van der Waals surface area contributed by atoms with Crippen LogP contribution in [0.3, 0.4) is 0 Å². The first-order valence-electron chi connectivity index (χ1n) is 5.08. The molecule has 13 heavy (non-hydrogen) atoms. The third-order valence-corrected chi connectivity index (χ3v) is 2.65. The van der Waals surface area contributed by atoms with Crippen LogP contribution in [0.5, 0.6) is 0 Å².